The van der Waals surface area contributed by atoms with Crippen LogP contribution in [0.3, 0.4) is 0 Å². The van der Waals surface area contributed by atoms with Gasteiger partial charge in [-0.3, -0.25) is 9.36 Å². The molecular formula is C28H20BrNO3. The van der Waals surface area contributed by atoms with Gasteiger partial charge in [0.2, 0.25) is 0 Å². The van der Waals surface area contributed by atoms with E-state index < -0.39 is 5.97 Å². The van der Waals surface area contributed by atoms with Gasteiger partial charge in [0.15, 0.2) is 0 Å². The third kappa shape index (κ3) is 3.85. The normalized spacial score (nSPS) is 11.1. The van der Waals surface area contributed by atoms with Crippen LogP contribution < -0.4 is 5.56 Å². The van der Waals surface area contributed by atoms with Gasteiger partial charge in [0, 0.05) is 15.4 Å². The van der Waals surface area contributed by atoms with Crippen LogP contribution >= 0.6 is 15.9 Å². The maximum atomic E-state index is 13.7. The zero-order valence-corrected chi connectivity index (χ0v) is 19.5. The number of hydrogen-bond acceptors (Lipinski definition) is 3. The van der Waals surface area contributed by atoms with Crippen molar-refractivity contribution in [2.45, 2.75) is 6.54 Å². The number of fused-ring (bicyclic) bond motifs is 2. The number of aromatic nitrogens is 1. The number of carbonyl (C=O) groups excluding carboxylic acids is 1. The lowest BCUT2D eigenvalue weighted by molar-refractivity contribution is 0.0588. The highest BCUT2D eigenvalue weighted by atomic mass is 79.9. The number of benzene rings is 4. The summed E-state index contributed by atoms with van der Waals surface area (Å²) in [6.45, 7) is 0.250. The van der Waals surface area contributed by atoms with Gasteiger partial charge < -0.3 is 4.74 Å². The van der Waals surface area contributed by atoms with Gasteiger partial charge in [-0.25, -0.2) is 4.79 Å². The predicted molar refractivity (Wildman–Crippen MR) is 136 cm³/mol. The Bertz CT molecular complexity index is 1570. The van der Waals surface area contributed by atoms with E-state index in [9.17, 15) is 9.59 Å². The van der Waals surface area contributed by atoms with Gasteiger partial charge in [-0.15, -0.1) is 0 Å². The van der Waals surface area contributed by atoms with E-state index in [4.69, 9.17) is 4.74 Å². The Morgan fingerprint density at radius 2 is 1.58 bits per heavy atom. The van der Waals surface area contributed by atoms with Crippen LogP contribution in [0.4, 0.5) is 0 Å². The first kappa shape index (κ1) is 21.2. The minimum atomic E-state index is -0.548. The highest BCUT2D eigenvalue weighted by Crippen LogP contribution is 2.33. The topological polar surface area (TPSA) is 48.3 Å². The molecule has 4 aromatic carbocycles. The first-order valence-electron chi connectivity index (χ1n) is 10.5. The quantitative estimate of drug-likeness (QED) is 0.269. The van der Waals surface area contributed by atoms with Crippen molar-refractivity contribution in [3.63, 3.8) is 0 Å². The van der Waals surface area contributed by atoms with E-state index in [1.807, 2.05) is 78.9 Å². The Balaban J connectivity index is 1.84. The molecule has 0 atom stereocenters. The third-order valence-corrected chi connectivity index (χ3v) is 6.32. The number of esters is 1. The average molecular weight is 498 g/mol. The summed E-state index contributed by atoms with van der Waals surface area (Å²) in [5.41, 5.74) is 2.46. The lowest BCUT2D eigenvalue weighted by atomic mass is 9.96. The Morgan fingerprint density at radius 3 is 2.33 bits per heavy atom. The average Bonchev–Trinajstić information content (AvgIpc) is 2.85. The Morgan fingerprint density at radius 1 is 0.848 bits per heavy atom. The molecule has 0 radical (unpaired) electrons. The second-order valence-electron chi connectivity index (χ2n) is 7.84. The molecule has 0 aliphatic rings. The van der Waals surface area contributed by atoms with E-state index in [0.717, 1.165) is 26.4 Å². The maximum absolute atomic E-state index is 13.7. The molecule has 0 spiro atoms. The molecule has 0 amide bonds. The molecule has 1 heterocycles. The van der Waals surface area contributed by atoms with Crippen LogP contribution in [0.15, 0.2) is 100 Å². The molecule has 0 aliphatic heterocycles. The van der Waals surface area contributed by atoms with Crippen molar-refractivity contribution < 1.29 is 9.53 Å². The number of hydrogen-bond donors (Lipinski definition) is 0. The van der Waals surface area contributed by atoms with Crippen molar-refractivity contribution in [3.05, 3.63) is 117 Å². The lowest BCUT2D eigenvalue weighted by Gasteiger charge is -2.19. The van der Waals surface area contributed by atoms with Crippen LogP contribution in [0, 0.1) is 0 Å². The second kappa shape index (κ2) is 8.68. The van der Waals surface area contributed by atoms with E-state index in [2.05, 4.69) is 22.0 Å². The van der Waals surface area contributed by atoms with Gasteiger partial charge in [-0.2, -0.15) is 0 Å². The fourth-order valence-corrected chi connectivity index (χ4v) is 4.66. The van der Waals surface area contributed by atoms with Crippen molar-refractivity contribution in [1.29, 1.82) is 0 Å². The number of nitrogens with zero attached hydrogens (tertiary/aromatic N) is 1. The number of rotatable bonds is 4. The lowest BCUT2D eigenvalue weighted by Crippen LogP contribution is -2.28. The summed E-state index contributed by atoms with van der Waals surface area (Å²) >= 11 is 3.51. The number of pyridine rings is 1. The zero-order chi connectivity index (χ0) is 22.9. The van der Waals surface area contributed by atoms with Gasteiger partial charge in [0.05, 0.1) is 13.7 Å². The van der Waals surface area contributed by atoms with E-state index in [0.29, 0.717) is 16.3 Å². The predicted octanol–water partition coefficient (Wildman–Crippen LogP) is 6.42. The van der Waals surface area contributed by atoms with Gasteiger partial charge in [-0.05, 0) is 51.6 Å². The largest absolute Gasteiger partial charge is 0.464 e. The number of methoxy groups -OCH3 is 1. The molecule has 5 heteroatoms. The Kier molecular flexibility index (Phi) is 5.56. The summed E-state index contributed by atoms with van der Waals surface area (Å²) in [6, 6.07) is 29.3. The van der Waals surface area contributed by atoms with Crippen molar-refractivity contribution >= 4 is 43.4 Å². The Labute approximate surface area is 199 Å². The number of ether oxygens (including phenoxy) is 1. The first-order chi connectivity index (χ1) is 16.1. The fraction of sp³-hybridized carbons (Fsp3) is 0.0714. The van der Waals surface area contributed by atoms with E-state index in [1.54, 1.807) is 6.07 Å². The van der Waals surface area contributed by atoms with Gasteiger partial charge in [0.1, 0.15) is 5.69 Å². The molecular weight excluding hydrogens is 478 g/mol. The Hall–Kier alpha value is -3.70. The molecule has 0 unspecified atom stereocenters. The fourth-order valence-electron chi connectivity index (χ4n) is 4.30. The second-order valence-corrected chi connectivity index (χ2v) is 8.76. The van der Waals surface area contributed by atoms with Crippen LogP contribution in [-0.2, 0) is 11.3 Å². The minimum Gasteiger partial charge on any atom is -0.464 e. The molecule has 1 aromatic heterocycles. The molecule has 162 valence electrons. The standard InChI is InChI=1S/C28H20BrNO3/c1-33-28(32)26-25(20-8-3-2-4-9-20)24-16-22(29)13-14-23(24)27(31)30(26)17-18-11-12-19-7-5-6-10-21(19)15-18/h2-16H,17H2,1H3. The summed E-state index contributed by atoms with van der Waals surface area (Å²) in [6.07, 6.45) is 0. The SMILES string of the molecule is COC(=O)c1c(-c2ccccc2)c2cc(Br)ccc2c(=O)n1Cc1ccc2ccccc2c1. The third-order valence-electron chi connectivity index (χ3n) is 5.83. The summed E-state index contributed by atoms with van der Waals surface area (Å²) in [5.74, 6) is -0.548. The van der Waals surface area contributed by atoms with Crippen LogP contribution in [0.5, 0.6) is 0 Å². The number of carbonyl (C=O) groups is 1. The zero-order valence-electron chi connectivity index (χ0n) is 17.9. The van der Waals surface area contributed by atoms with Gasteiger partial charge in [0.25, 0.3) is 5.56 Å². The van der Waals surface area contributed by atoms with Crippen LogP contribution in [0.2, 0.25) is 0 Å². The van der Waals surface area contributed by atoms with Crippen LogP contribution in [0.25, 0.3) is 32.7 Å². The molecule has 0 saturated carbocycles. The van der Waals surface area contributed by atoms with E-state index in [1.165, 1.54) is 11.7 Å². The molecule has 0 saturated heterocycles. The van der Waals surface area contributed by atoms with Crippen LogP contribution in [-0.4, -0.2) is 17.6 Å². The molecule has 4 nitrogen and oxygen atoms in total. The van der Waals surface area contributed by atoms with Crippen LogP contribution in [0.1, 0.15) is 16.1 Å². The van der Waals surface area contributed by atoms with Crippen molar-refractivity contribution in [2.24, 2.45) is 0 Å². The van der Waals surface area contributed by atoms with E-state index in [-0.39, 0.29) is 17.8 Å². The minimum absolute atomic E-state index is 0.231. The molecule has 5 aromatic rings. The van der Waals surface area contributed by atoms with Crippen molar-refractivity contribution in [1.82, 2.24) is 4.57 Å². The first-order valence-corrected chi connectivity index (χ1v) is 11.3. The highest BCUT2D eigenvalue weighted by molar-refractivity contribution is 9.10. The highest BCUT2D eigenvalue weighted by Gasteiger charge is 2.24. The number of halogens is 1. The summed E-state index contributed by atoms with van der Waals surface area (Å²) in [4.78, 5) is 26.8. The molecule has 33 heavy (non-hydrogen) atoms. The van der Waals surface area contributed by atoms with Crippen molar-refractivity contribution in [2.75, 3.05) is 7.11 Å². The molecule has 5 rings (SSSR count). The molecule has 0 aliphatic carbocycles. The maximum Gasteiger partial charge on any atom is 0.355 e. The van der Waals surface area contributed by atoms with Gasteiger partial charge >= 0.3 is 5.97 Å². The van der Waals surface area contributed by atoms with Gasteiger partial charge in [-0.1, -0.05) is 82.7 Å². The summed E-state index contributed by atoms with van der Waals surface area (Å²) in [5, 5.41) is 3.45. The molecule has 0 fully saturated rings. The summed E-state index contributed by atoms with van der Waals surface area (Å²) < 4.78 is 7.54. The summed E-state index contributed by atoms with van der Waals surface area (Å²) in [7, 11) is 1.34. The van der Waals surface area contributed by atoms with E-state index >= 15 is 0 Å². The molecule has 0 N–H and O–H groups in total. The monoisotopic (exact) mass is 497 g/mol. The molecule has 0 bridgehead atoms. The smallest absolute Gasteiger partial charge is 0.355 e. The van der Waals surface area contributed by atoms with Crippen molar-refractivity contribution in [3.8, 4) is 11.1 Å².